The first-order valence-corrected chi connectivity index (χ1v) is 8.60. The Morgan fingerprint density at radius 2 is 1.58 bits per heavy atom. The number of fused-ring (bicyclic) bond motifs is 1. The van der Waals surface area contributed by atoms with E-state index in [1.165, 1.54) is 5.56 Å². The summed E-state index contributed by atoms with van der Waals surface area (Å²) in [6, 6.07) is 20.1. The highest BCUT2D eigenvalue weighted by atomic mass is 16.1. The zero-order chi connectivity index (χ0) is 16.5. The van der Waals surface area contributed by atoms with Crippen LogP contribution in [0, 0.1) is 0 Å². The number of carbonyl (C=O) groups excluding carboxylic acids is 1. The van der Waals surface area contributed by atoms with Crippen molar-refractivity contribution in [2.75, 3.05) is 26.7 Å². The summed E-state index contributed by atoms with van der Waals surface area (Å²) < 4.78 is 0. The van der Waals surface area contributed by atoms with Crippen LogP contribution < -0.4 is 0 Å². The summed E-state index contributed by atoms with van der Waals surface area (Å²) in [7, 11) is 2.10. The van der Waals surface area contributed by atoms with Crippen molar-refractivity contribution < 1.29 is 4.79 Å². The molecule has 122 valence electrons. The van der Waals surface area contributed by atoms with Crippen molar-refractivity contribution in [1.29, 1.82) is 0 Å². The van der Waals surface area contributed by atoms with E-state index in [0.29, 0.717) is 0 Å². The van der Waals surface area contributed by atoms with E-state index >= 15 is 0 Å². The molecule has 0 N–H and O–H groups in total. The van der Waals surface area contributed by atoms with E-state index in [9.17, 15) is 4.79 Å². The highest BCUT2D eigenvalue weighted by molar-refractivity contribution is 6.10. The summed E-state index contributed by atoms with van der Waals surface area (Å²) >= 11 is 0. The molecular weight excluding hydrogens is 296 g/mol. The van der Waals surface area contributed by atoms with Crippen molar-refractivity contribution in [2.45, 2.75) is 12.3 Å². The first-order valence-electron chi connectivity index (χ1n) is 8.60. The van der Waals surface area contributed by atoms with Gasteiger partial charge in [-0.25, -0.2) is 0 Å². The molecule has 0 radical (unpaired) electrons. The third kappa shape index (κ3) is 2.50. The van der Waals surface area contributed by atoms with E-state index in [0.717, 1.165) is 43.0 Å². The molecule has 1 fully saturated rings. The molecule has 4 rings (SSSR count). The van der Waals surface area contributed by atoms with E-state index < -0.39 is 0 Å². The van der Waals surface area contributed by atoms with Gasteiger partial charge in [0, 0.05) is 43.7 Å². The molecular formula is C21H22N2O. The smallest absolute Gasteiger partial charge is 0.193 e. The number of allylic oxidation sites excluding steroid dienone is 1. The zero-order valence-corrected chi connectivity index (χ0v) is 14.0. The summed E-state index contributed by atoms with van der Waals surface area (Å²) in [5.41, 5.74) is 2.98. The average Bonchev–Trinajstić information content (AvgIpc) is 3.03. The predicted octanol–water partition coefficient (Wildman–Crippen LogP) is 3.52. The van der Waals surface area contributed by atoms with Gasteiger partial charge >= 0.3 is 0 Å². The van der Waals surface area contributed by atoms with Crippen LogP contribution in [0.3, 0.4) is 0 Å². The normalized spacial score (nSPS) is 20.3. The minimum atomic E-state index is 0.165. The van der Waals surface area contributed by atoms with E-state index in [4.69, 9.17) is 0 Å². The van der Waals surface area contributed by atoms with Crippen LogP contribution in [0.15, 0.2) is 72.1 Å². The Morgan fingerprint density at radius 1 is 0.917 bits per heavy atom. The first-order chi connectivity index (χ1) is 11.8. The molecule has 0 aromatic heterocycles. The maximum Gasteiger partial charge on any atom is 0.193 e. The summed E-state index contributed by atoms with van der Waals surface area (Å²) in [6.45, 7) is 3.02. The topological polar surface area (TPSA) is 23.6 Å². The lowest BCUT2D eigenvalue weighted by molar-refractivity contribution is 0.101. The number of Topliss-reactive ketones (excluding diaryl/α,β-unsaturated/α-hetero) is 1. The predicted molar refractivity (Wildman–Crippen MR) is 95.8 cm³/mol. The molecule has 1 saturated heterocycles. The fraction of sp³-hybridized carbons (Fsp3) is 0.286. The number of benzene rings is 2. The highest BCUT2D eigenvalue weighted by Gasteiger charge is 2.37. The maximum atomic E-state index is 13.4. The monoisotopic (exact) mass is 318 g/mol. The number of rotatable bonds is 3. The van der Waals surface area contributed by atoms with Crippen molar-refractivity contribution in [1.82, 2.24) is 9.80 Å². The second-order valence-corrected chi connectivity index (χ2v) is 6.59. The van der Waals surface area contributed by atoms with Crippen molar-refractivity contribution in [3.05, 3.63) is 83.2 Å². The molecule has 3 heteroatoms. The molecule has 24 heavy (non-hydrogen) atoms. The fourth-order valence-electron chi connectivity index (χ4n) is 3.93. The molecule has 2 aliphatic rings. The molecule has 3 nitrogen and oxygen atoms in total. The van der Waals surface area contributed by atoms with Crippen LogP contribution in [0.4, 0.5) is 0 Å². The van der Waals surface area contributed by atoms with Gasteiger partial charge in [0.05, 0.1) is 0 Å². The van der Waals surface area contributed by atoms with E-state index in [1.807, 2.05) is 36.4 Å². The van der Waals surface area contributed by atoms with Crippen LogP contribution in [-0.2, 0) is 0 Å². The Balaban J connectivity index is 1.85. The lowest BCUT2D eigenvalue weighted by Gasteiger charge is -2.35. The third-order valence-corrected chi connectivity index (χ3v) is 5.13. The van der Waals surface area contributed by atoms with E-state index in [-0.39, 0.29) is 11.7 Å². The van der Waals surface area contributed by atoms with Gasteiger partial charge in [-0.2, -0.15) is 0 Å². The van der Waals surface area contributed by atoms with Gasteiger partial charge in [0.1, 0.15) is 5.82 Å². The molecule has 2 aromatic carbocycles. The zero-order valence-electron chi connectivity index (χ0n) is 14.0. The molecule has 2 aromatic rings. The van der Waals surface area contributed by atoms with Gasteiger partial charge < -0.3 is 9.80 Å². The number of ketones is 1. The maximum absolute atomic E-state index is 13.4. The average molecular weight is 318 g/mol. The number of hydrogen-bond acceptors (Lipinski definition) is 3. The minimum absolute atomic E-state index is 0.165. The Bertz CT molecular complexity index is 767. The van der Waals surface area contributed by atoms with Crippen molar-refractivity contribution in [3.63, 3.8) is 0 Å². The molecule has 0 bridgehead atoms. The van der Waals surface area contributed by atoms with Crippen LogP contribution in [0.2, 0.25) is 0 Å². The van der Waals surface area contributed by atoms with Crippen LogP contribution in [-0.4, -0.2) is 42.3 Å². The standard InChI is InChI=1S/C21H22N2O/c1-22-14-15-23-13-12-18(16-8-4-2-5-9-16)19(21(22)23)20(24)17-10-6-3-7-11-17/h2-11,18H,12-15H2,1H3. The van der Waals surface area contributed by atoms with Gasteiger partial charge in [0.2, 0.25) is 0 Å². The van der Waals surface area contributed by atoms with Crippen LogP contribution >= 0.6 is 0 Å². The lowest BCUT2D eigenvalue weighted by Crippen LogP contribution is -2.34. The molecule has 0 spiro atoms. The first kappa shape index (κ1) is 15.0. The van der Waals surface area contributed by atoms with Gasteiger partial charge in [0.25, 0.3) is 0 Å². The van der Waals surface area contributed by atoms with Gasteiger partial charge in [-0.3, -0.25) is 4.79 Å². The van der Waals surface area contributed by atoms with Gasteiger partial charge in [-0.1, -0.05) is 60.7 Å². The molecule has 1 unspecified atom stereocenters. The SMILES string of the molecule is CN1CCN2CCC(c3ccccc3)C(C(=O)c3ccccc3)=C12. The van der Waals surface area contributed by atoms with Crippen LogP contribution in [0.5, 0.6) is 0 Å². The fourth-order valence-corrected chi connectivity index (χ4v) is 3.93. The minimum Gasteiger partial charge on any atom is -0.359 e. The number of hydrogen-bond donors (Lipinski definition) is 0. The van der Waals surface area contributed by atoms with Gasteiger partial charge in [-0.15, -0.1) is 0 Å². The largest absolute Gasteiger partial charge is 0.359 e. The molecule has 1 atom stereocenters. The molecule has 0 amide bonds. The van der Waals surface area contributed by atoms with Gasteiger partial charge in [0.15, 0.2) is 5.78 Å². The Hall–Kier alpha value is -2.55. The molecule has 2 aliphatic heterocycles. The van der Waals surface area contributed by atoms with Crippen LogP contribution in [0.1, 0.15) is 28.3 Å². The summed E-state index contributed by atoms with van der Waals surface area (Å²) in [5, 5.41) is 0. The van der Waals surface area contributed by atoms with Crippen molar-refractivity contribution >= 4 is 5.78 Å². The second-order valence-electron chi connectivity index (χ2n) is 6.59. The number of carbonyl (C=O) groups is 1. The molecule has 0 saturated carbocycles. The third-order valence-electron chi connectivity index (χ3n) is 5.13. The Labute approximate surface area is 143 Å². The van der Waals surface area contributed by atoms with Gasteiger partial charge in [-0.05, 0) is 12.0 Å². The summed E-state index contributed by atoms with van der Waals surface area (Å²) in [5.74, 6) is 1.47. The van der Waals surface area contributed by atoms with Crippen molar-refractivity contribution in [3.8, 4) is 0 Å². The van der Waals surface area contributed by atoms with E-state index in [1.54, 1.807) is 0 Å². The van der Waals surface area contributed by atoms with Crippen LogP contribution in [0.25, 0.3) is 0 Å². The number of likely N-dealkylation sites (N-methyl/N-ethyl adjacent to an activating group) is 1. The van der Waals surface area contributed by atoms with Crippen molar-refractivity contribution in [2.24, 2.45) is 0 Å². The molecule has 0 aliphatic carbocycles. The highest BCUT2D eigenvalue weighted by Crippen LogP contribution is 2.39. The number of nitrogens with zero attached hydrogens (tertiary/aromatic N) is 2. The summed E-state index contributed by atoms with van der Waals surface area (Å²) in [6.07, 6.45) is 0.995. The quantitative estimate of drug-likeness (QED) is 0.809. The Morgan fingerprint density at radius 3 is 2.29 bits per heavy atom. The summed E-state index contributed by atoms with van der Waals surface area (Å²) in [4.78, 5) is 18.0. The lowest BCUT2D eigenvalue weighted by atomic mass is 9.82. The Kier molecular flexibility index (Phi) is 3.85. The van der Waals surface area contributed by atoms with E-state index in [2.05, 4.69) is 41.1 Å². The molecule has 2 heterocycles. The second kappa shape index (κ2) is 6.16.